The summed E-state index contributed by atoms with van der Waals surface area (Å²) in [6.07, 6.45) is 0.768. The van der Waals surface area contributed by atoms with Gasteiger partial charge < -0.3 is 24.4 Å². The zero-order valence-corrected chi connectivity index (χ0v) is 19.3. The Bertz CT molecular complexity index is 1020. The molecule has 0 aromatic heterocycles. The molecule has 0 bridgehead atoms. The normalized spacial score (nSPS) is 12.7. The van der Waals surface area contributed by atoms with Gasteiger partial charge in [-0.2, -0.15) is 0 Å². The second-order valence-corrected chi connectivity index (χ2v) is 7.92. The standard InChI is InChI=1S/C25H30N2O6/c1-17-6-8-20(13-18(17)2)32-15-22(28)19-7-9-23-21(14-19)27(25(30)16-33-23)11-4-5-24(29)26-10-12-31-3/h6-9,13-14H,4-5,10-12,15-16H2,1-3H3,(H,26,29). The van der Waals surface area contributed by atoms with Gasteiger partial charge in [-0.25, -0.2) is 0 Å². The molecule has 2 aromatic rings. The van der Waals surface area contributed by atoms with Crippen molar-refractivity contribution < 1.29 is 28.6 Å². The number of nitrogens with one attached hydrogen (secondary N) is 1. The number of aryl methyl sites for hydroxylation is 2. The topological polar surface area (TPSA) is 94.2 Å². The highest BCUT2D eigenvalue weighted by atomic mass is 16.5. The summed E-state index contributed by atoms with van der Waals surface area (Å²) in [5.41, 5.74) is 3.20. The van der Waals surface area contributed by atoms with Gasteiger partial charge in [0.2, 0.25) is 5.91 Å². The minimum Gasteiger partial charge on any atom is -0.485 e. The van der Waals surface area contributed by atoms with Crippen LogP contribution in [0.3, 0.4) is 0 Å². The van der Waals surface area contributed by atoms with Crippen molar-refractivity contribution in [3.63, 3.8) is 0 Å². The summed E-state index contributed by atoms with van der Waals surface area (Å²) in [6.45, 7) is 5.07. The molecule has 0 radical (unpaired) electrons. The molecule has 0 fully saturated rings. The third-order valence-corrected chi connectivity index (χ3v) is 5.49. The van der Waals surface area contributed by atoms with Gasteiger partial charge in [-0.3, -0.25) is 14.4 Å². The average molecular weight is 455 g/mol. The number of hydrogen-bond acceptors (Lipinski definition) is 6. The van der Waals surface area contributed by atoms with Crippen molar-refractivity contribution in [3.05, 3.63) is 53.1 Å². The molecule has 3 rings (SSSR count). The van der Waals surface area contributed by atoms with E-state index in [0.29, 0.717) is 48.9 Å². The Morgan fingerprint density at radius 2 is 1.94 bits per heavy atom. The SMILES string of the molecule is COCCNC(=O)CCCN1C(=O)COc2ccc(C(=O)COc3ccc(C)c(C)c3)cc21. The van der Waals surface area contributed by atoms with Crippen molar-refractivity contribution in [2.24, 2.45) is 0 Å². The van der Waals surface area contributed by atoms with Crippen molar-refractivity contribution in [2.75, 3.05) is 44.9 Å². The van der Waals surface area contributed by atoms with E-state index >= 15 is 0 Å². The van der Waals surface area contributed by atoms with E-state index < -0.39 is 0 Å². The lowest BCUT2D eigenvalue weighted by Crippen LogP contribution is -2.40. The number of carbonyl (C=O) groups is 3. The molecular weight excluding hydrogens is 424 g/mol. The molecule has 2 amide bonds. The highest BCUT2D eigenvalue weighted by Gasteiger charge is 2.26. The van der Waals surface area contributed by atoms with Crippen LogP contribution in [0.1, 0.15) is 34.3 Å². The predicted octanol–water partition coefficient (Wildman–Crippen LogP) is 2.83. The van der Waals surface area contributed by atoms with E-state index in [1.54, 1.807) is 30.2 Å². The number of Topliss-reactive ketones (excluding diaryl/α,β-unsaturated/α-hetero) is 1. The maximum atomic E-state index is 12.7. The van der Waals surface area contributed by atoms with E-state index in [2.05, 4.69) is 5.32 Å². The van der Waals surface area contributed by atoms with E-state index in [0.717, 1.165) is 11.1 Å². The first-order valence-electron chi connectivity index (χ1n) is 10.9. The summed E-state index contributed by atoms with van der Waals surface area (Å²) >= 11 is 0. The number of rotatable bonds is 11. The van der Waals surface area contributed by atoms with E-state index in [4.69, 9.17) is 14.2 Å². The van der Waals surface area contributed by atoms with Gasteiger partial charge in [-0.1, -0.05) is 6.07 Å². The number of methoxy groups -OCH3 is 1. The van der Waals surface area contributed by atoms with E-state index in [1.807, 2.05) is 32.0 Å². The minimum atomic E-state index is -0.210. The van der Waals surface area contributed by atoms with Crippen LogP contribution >= 0.6 is 0 Å². The Kier molecular flexibility index (Phi) is 8.43. The summed E-state index contributed by atoms with van der Waals surface area (Å²) in [7, 11) is 1.57. The number of anilines is 1. The molecule has 1 aliphatic rings. The first-order valence-corrected chi connectivity index (χ1v) is 10.9. The molecule has 2 aromatic carbocycles. The number of amides is 2. The van der Waals surface area contributed by atoms with E-state index in [9.17, 15) is 14.4 Å². The number of benzene rings is 2. The maximum Gasteiger partial charge on any atom is 0.265 e. The number of hydrogen-bond donors (Lipinski definition) is 1. The van der Waals surface area contributed by atoms with Crippen LogP contribution in [-0.2, 0) is 14.3 Å². The number of fused-ring (bicyclic) bond motifs is 1. The third kappa shape index (κ3) is 6.55. The Morgan fingerprint density at radius 3 is 2.70 bits per heavy atom. The van der Waals surface area contributed by atoms with Gasteiger partial charge in [-0.15, -0.1) is 0 Å². The number of carbonyl (C=O) groups excluding carboxylic acids is 3. The molecule has 1 heterocycles. The second-order valence-electron chi connectivity index (χ2n) is 7.92. The van der Waals surface area contributed by atoms with Crippen molar-refractivity contribution >= 4 is 23.3 Å². The Labute approximate surface area is 193 Å². The quantitative estimate of drug-likeness (QED) is 0.415. The summed E-state index contributed by atoms with van der Waals surface area (Å²) in [5.74, 6) is 0.657. The van der Waals surface area contributed by atoms with Gasteiger partial charge in [0, 0.05) is 32.2 Å². The van der Waals surface area contributed by atoms with Gasteiger partial charge in [0.1, 0.15) is 11.5 Å². The number of nitrogens with zero attached hydrogens (tertiary/aromatic N) is 1. The lowest BCUT2D eigenvalue weighted by molar-refractivity contribution is -0.123. The fourth-order valence-corrected chi connectivity index (χ4v) is 3.44. The van der Waals surface area contributed by atoms with Crippen molar-refractivity contribution in [1.82, 2.24) is 5.32 Å². The highest BCUT2D eigenvalue weighted by Crippen LogP contribution is 2.33. The fraction of sp³-hybridized carbons (Fsp3) is 0.400. The van der Waals surface area contributed by atoms with Crippen LogP contribution < -0.4 is 19.7 Å². The molecule has 0 saturated carbocycles. The van der Waals surface area contributed by atoms with Gasteiger partial charge in [0.05, 0.1) is 12.3 Å². The predicted molar refractivity (Wildman–Crippen MR) is 124 cm³/mol. The van der Waals surface area contributed by atoms with E-state index in [1.165, 1.54) is 0 Å². The molecule has 33 heavy (non-hydrogen) atoms. The van der Waals surface area contributed by atoms with Crippen LogP contribution in [0.25, 0.3) is 0 Å². The summed E-state index contributed by atoms with van der Waals surface area (Å²) in [4.78, 5) is 38.7. The number of ketones is 1. The van der Waals surface area contributed by atoms with Crippen LogP contribution in [0.4, 0.5) is 5.69 Å². The third-order valence-electron chi connectivity index (χ3n) is 5.49. The lowest BCUT2D eigenvalue weighted by atomic mass is 10.1. The van der Waals surface area contributed by atoms with Crippen LogP contribution in [0.5, 0.6) is 11.5 Å². The molecule has 1 N–H and O–H groups in total. The zero-order chi connectivity index (χ0) is 23.8. The van der Waals surface area contributed by atoms with Gasteiger partial charge in [-0.05, 0) is 61.7 Å². The summed E-state index contributed by atoms with van der Waals surface area (Å²) < 4.78 is 16.1. The monoisotopic (exact) mass is 454 g/mol. The van der Waals surface area contributed by atoms with Gasteiger partial charge >= 0.3 is 0 Å². The molecule has 0 aliphatic carbocycles. The highest BCUT2D eigenvalue weighted by molar-refractivity contribution is 6.02. The Hall–Kier alpha value is -3.39. The number of ether oxygens (including phenoxy) is 3. The van der Waals surface area contributed by atoms with Crippen LogP contribution in [0.2, 0.25) is 0 Å². The zero-order valence-electron chi connectivity index (χ0n) is 19.3. The van der Waals surface area contributed by atoms with Crippen molar-refractivity contribution in [3.8, 4) is 11.5 Å². The van der Waals surface area contributed by atoms with E-state index in [-0.39, 0.29) is 37.2 Å². The molecule has 8 heteroatoms. The molecule has 0 unspecified atom stereocenters. The molecule has 176 valence electrons. The maximum absolute atomic E-state index is 12.7. The minimum absolute atomic E-state index is 0.0732. The average Bonchev–Trinajstić information content (AvgIpc) is 2.81. The smallest absolute Gasteiger partial charge is 0.265 e. The second kappa shape index (κ2) is 11.5. The Morgan fingerprint density at radius 1 is 1.12 bits per heavy atom. The molecular formula is C25H30N2O6. The van der Waals surface area contributed by atoms with Crippen LogP contribution in [-0.4, -0.2) is 57.6 Å². The summed E-state index contributed by atoms with van der Waals surface area (Å²) in [6, 6.07) is 10.7. The Balaban J connectivity index is 1.62. The largest absolute Gasteiger partial charge is 0.485 e. The molecule has 0 saturated heterocycles. The fourth-order valence-electron chi connectivity index (χ4n) is 3.44. The van der Waals surface area contributed by atoms with Gasteiger partial charge in [0.15, 0.2) is 19.0 Å². The first kappa shape index (κ1) is 24.3. The van der Waals surface area contributed by atoms with Crippen molar-refractivity contribution in [2.45, 2.75) is 26.7 Å². The molecule has 0 spiro atoms. The first-order chi connectivity index (χ1) is 15.9. The molecule has 1 aliphatic heterocycles. The summed E-state index contributed by atoms with van der Waals surface area (Å²) in [5, 5.41) is 2.76. The van der Waals surface area contributed by atoms with Crippen LogP contribution in [0.15, 0.2) is 36.4 Å². The molecule has 0 atom stereocenters. The van der Waals surface area contributed by atoms with Crippen LogP contribution in [0, 0.1) is 13.8 Å². The lowest BCUT2D eigenvalue weighted by Gasteiger charge is -2.29. The van der Waals surface area contributed by atoms with Crippen molar-refractivity contribution in [1.29, 1.82) is 0 Å². The van der Waals surface area contributed by atoms with Gasteiger partial charge in [0.25, 0.3) is 5.91 Å². The molecule has 8 nitrogen and oxygen atoms in total.